The minimum Gasteiger partial charge on any atom is -0.309 e. The van der Waals surface area contributed by atoms with Gasteiger partial charge in [-0.3, -0.25) is 4.98 Å². The van der Waals surface area contributed by atoms with Crippen molar-refractivity contribution in [3.05, 3.63) is 59.9 Å². The van der Waals surface area contributed by atoms with Crippen LogP contribution in [0.25, 0.3) is 0 Å². The zero-order valence-corrected chi connectivity index (χ0v) is 10.9. The number of hydrogen-bond acceptors (Lipinski definition) is 3. The average molecular weight is 244 g/mol. The maximum atomic E-state index is 4.19. The first kappa shape index (κ1) is 12.1. The molecule has 2 rings (SSSR count). The highest BCUT2D eigenvalue weighted by molar-refractivity contribution is 7.98. The number of benzene rings is 1. The predicted octanol–water partition coefficient (Wildman–Crippen LogP) is 3.11. The van der Waals surface area contributed by atoms with Gasteiger partial charge in [-0.2, -0.15) is 0 Å². The lowest BCUT2D eigenvalue weighted by molar-refractivity contribution is 0.677. The van der Waals surface area contributed by atoms with Crippen LogP contribution in [0.5, 0.6) is 0 Å². The highest BCUT2D eigenvalue weighted by Gasteiger charge is 2.14. The second kappa shape index (κ2) is 5.84. The molecule has 0 saturated carbocycles. The normalized spacial score (nSPS) is 12.4. The number of rotatable bonds is 4. The SMILES string of the molecule is CNC(c1cccnc1)c1ccccc1SC. The van der Waals surface area contributed by atoms with Crippen molar-refractivity contribution in [1.29, 1.82) is 0 Å². The van der Waals surface area contributed by atoms with Gasteiger partial charge in [0.15, 0.2) is 0 Å². The molecule has 1 aromatic heterocycles. The fourth-order valence-electron chi connectivity index (χ4n) is 1.95. The Balaban J connectivity index is 2.42. The minimum absolute atomic E-state index is 0.201. The van der Waals surface area contributed by atoms with E-state index in [-0.39, 0.29) is 6.04 Å². The summed E-state index contributed by atoms with van der Waals surface area (Å²) in [4.78, 5) is 5.49. The summed E-state index contributed by atoms with van der Waals surface area (Å²) in [5.74, 6) is 0. The van der Waals surface area contributed by atoms with Crippen molar-refractivity contribution < 1.29 is 0 Å². The van der Waals surface area contributed by atoms with Crippen molar-refractivity contribution in [1.82, 2.24) is 10.3 Å². The van der Waals surface area contributed by atoms with Crippen LogP contribution < -0.4 is 5.32 Å². The fourth-order valence-corrected chi connectivity index (χ4v) is 2.59. The van der Waals surface area contributed by atoms with Crippen LogP contribution in [0, 0.1) is 0 Å². The summed E-state index contributed by atoms with van der Waals surface area (Å²) in [5, 5.41) is 3.36. The van der Waals surface area contributed by atoms with E-state index in [1.807, 2.05) is 19.3 Å². The Bertz CT molecular complexity index is 471. The van der Waals surface area contributed by atoms with Gasteiger partial charge < -0.3 is 5.32 Å². The Morgan fingerprint density at radius 3 is 2.65 bits per heavy atom. The summed E-state index contributed by atoms with van der Waals surface area (Å²) in [7, 11) is 1.98. The highest BCUT2D eigenvalue weighted by atomic mass is 32.2. The zero-order valence-electron chi connectivity index (χ0n) is 10.1. The van der Waals surface area contributed by atoms with Crippen molar-refractivity contribution >= 4 is 11.8 Å². The molecular formula is C14H16N2S. The summed E-state index contributed by atoms with van der Waals surface area (Å²) in [5.41, 5.74) is 2.49. The molecule has 88 valence electrons. The van der Waals surface area contributed by atoms with Crippen LogP contribution >= 0.6 is 11.8 Å². The van der Waals surface area contributed by atoms with Crippen molar-refractivity contribution in [3.8, 4) is 0 Å². The lowest BCUT2D eigenvalue weighted by Crippen LogP contribution is -2.18. The Hall–Kier alpha value is -1.32. The van der Waals surface area contributed by atoms with Crippen LogP contribution in [-0.4, -0.2) is 18.3 Å². The van der Waals surface area contributed by atoms with E-state index in [9.17, 15) is 0 Å². The van der Waals surface area contributed by atoms with Crippen LogP contribution in [0.4, 0.5) is 0 Å². The van der Waals surface area contributed by atoms with Crippen LogP contribution in [-0.2, 0) is 0 Å². The first-order valence-corrected chi connectivity index (χ1v) is 6.79. The van der Waals surface area contributed by atoms with Crippen molar-refractivity contribution in [2.24, 2.45) is 0 Å². The van der Waals surface area contributed by atoms with E-state index >= 15 is 0 Å². The van der Waals surface area contributed by atoms with Crippen LogP contribution in [0.15, 0.2) is 53.7 Å². The molecule has 0 bridgehead atoms. The molecule has 1 atom stereocenters. The molecule has 1 heterocycles. The average Bonchev–Trinajstić information content (AvgIpc) is 2.41. The number of nitrogens with one attached hydrogen (secondary N) is 1. The van der Waals surface area contributed by atoms with Gasteiger partial charge in [0.2, 0.25) is 0 Å². The van der Waals surface area contributed by atoms with E-state index in [1.54, 1.807) is 18.0 Å². The van der Waals surface area contributed by atoms with Gasteiger partial charge in [0, 0.05) is 17.3 Å². The maximum absolute atomic E-state index is 4.19. The van der Waals surface area contributed by atoms with E-state index in [1.165, 1.54) is 16.0 Å². The largest absolute Gasteiger partial charge is 0.309 e. The second-order valence-corrected chi connectivity index (χ2v) is 4.60. The van der Waals surface area contributed by atoms with Gasteiger partial charge in [-0.1, -0.05) is 24.3 Å². The summed E-state index contributed by atoms with van der Waals surface area (Å²) >= 11 is 1.77. The molecule has 2 nitrogen and oxygen atoms in total. The molecule has 17 heavy (non-hydrogen) atoms. The van der Waals surface area contributed by atoms with Gasteiger partial charge in [-0.15, -0.1) is 11.8 Å². The number of thioether (sulfide) groups is 1. The summed E-state index contributed by atoms with van der Waals surface area (Å²) in [6.45, 7) is 0. The molecule has 0 radical (unpaired) electrons. The highest BCUT2D eigenvalue weighted by Crippen LogP contribution is 2.29. The van der Waals surface area contributed by atoms with Crippen molar-refractivity contribution in [2.45, 2.75) is 10.9 Å². The molecule has 0 saturated heterocycles. The van der Waals surface area contributed by atoms with Crippen LogP contribution in [0.3, 0.4) is 0 Å². The third kappa shape index (κ3) is 2.68. The number of pyridine rings is 1. The summed E-state index contributed by atoms with van der Waals surface area (Å²) in [6, 6.07) is 12.8. The Morgan fingerprint density at radius 2 is 2.00 bits per heavy atom. The lowest BCUT2D eigenvalue weighted by Gasteiger charge is -2.19. The molecule has 0 aliphatic heterocycles. The fraction of sp³-hybridized carbons (Fsp3) is 0.214. The number of aromatic nitrogens is 1. The van der Waals surface area contributed by atoms with Gasteiger partial charge in [0.1, 0.15) is 0 Å². The monoisotopic (exact) mass is 244 g/mol. The van der Waals surface area contributed by atoms with Gasteiger partial charge in [-0.05, 0) is 36.6 Å². The first-order chi connectivity index (χ1) is 8.36. The quantitative estimate of drug-likeness (QED) is 0.837. The van der Waals surface area contributed by atoms with Gasteiger partial charge in [-0.25, -0.2) is 0 Å². The standard InChI is InChI=1S/C14H16N2S/c1-15-14(11-6-5-9-16-10-11)12-7-3-4-8-13(12)17-2/h3-10,14-15H,1-2H3. The van der Waals surface area contributed by atoms with Crippen LogP contribution in [0.2, 0.25) is 0 Å². The lowest BCUT2D eigenvalue weighted by atomic mass is 10.0. The first-order valence-electron chi connectivity index (χ1n) is 5.57. The molecule has 0 fully saturated rings. The third-order valence-electron chi connectivity index (χ3n) is 2.76. The van der Waals surface area contributed by atoms with Crippen molar-refractivity contribution in [3.63, 3.8) is 0 Å². The molecule has 0 spiro atoms. The Kier molecular flexibility index (Phi) is 4.18. The number of hydrogen-bond donors (Lipinski definition) is 1. The molecule has 1 unspecified atom stereocenters. The molecule has 3 heteroatoms. The zero-order chi connectivity index (χ0) is 12.1. The van der Waals surface area contributed by atoms with Gasteiger partial charge >= 0.3 is 0 Å². The number of nitrogens with zero attached hydrogens (tertiary/aromatic N) is 1. The van der Waals surface area contributed by atoms with E-state index < -0.39 is 0 Å². The van der Waals surface area contributed by atoms with Gasteiger partial charge in [0.05, 0.1) is 6.04 Å². The van der Waals surface area contributed by atoms with E-state index in [4.69, 9.17) is 0 Å². The molecule has 1 aromatic carbocycles. The molecule has 2 aromatic rings. The Labute approximate surface area is 106 Å². The van der Waals surface area contributed by atoms with E-state index in [0.29, 0.717) is 0 Å². The minimum atomic E-state index is 0.201. The topological polar surface area (TPSA) is 24.9 Å². The Morgan fingerprint density at radius 1 is 1.18 bits per heavy atom. The molecule has 0 aliphatic carbocycles. The van der Waals surface area contributed by atoms with E-state index in [0.717, 1.165) is 0 Å². The van der Waals surface area contributed by atoms with Gasteiger partial charge in [0.25, 0.3) is 0 Å². The van der Waals surface area contributed by atoms with E-state index in [2.05, 4.69) is 46.9 Å². The molecule has 0 aliphatic rings. The molecule has 0 amide bonds. The summed E-state index contributed by atoms with van der Waals surface area (Å²) < 4.78 is 0. The molecule has 1 N–H and O–H groups in total. The maximum Gasteiger partial charge on any atom is 0.0600 e. The molecular weight excluding hydrogens is 228 g/mol. The summed E-state index contributed by atoms with van der Waals surface area (Å²) in [6.07, 6.45) is 5.82. The third-order valence-corrected chi connectivity index (χ3v) is 3.57. The van der Waals surface area contributed by atoms with Crippen molar-refractivity contribution in [2.75, 3.05) is 13.3 Å². The smallest absolute Gasteiger partial charge is 0.0600 e. The van der Waals surface area contributed by atoms with Crippen LogP contribution in [0.1, 0.15) is 17.2 Å². The second-order valence-electron chi connectivity index (χ2n) is 3.75. The predicted molar refractivity (Wildman–Crippen MR) is 73.4 cm³/mol.